The normalized spacial score (nSPS) is 13.3. The molecule has 0 aliphatic heterocycles. The molecule has 0 bridgehead atoms. The van der Waals surface area contributed by atoms with Crippen molar-refractivity contribution in [3.8, 4) is 11.4 Å². The molecule has 7 nitrogen and oxygen atoms in total. The number of carbonyl (C=O) groups is 2. The predicted octanol–water partition coefficient (Wildman–Crippen LogP) is 5.51. The fourth-order valence-corrected chi connectivity index (χ4v) is 6.34. The second kappa shape index (κ2) is 11.2. The highest BCUT2D eigenvalue weighted by Gasteiger charge is 2.27. The minimum absolute atomic E-state index is 0.171. The van der Waals surface area contributed by atoms with Gasteiger partial charge in [-0.3, -0.25) is 4.79 Å². The lowest BCUT2D eigenvalue weighted by Gasteiger charge is -2.10. The maximum atomic E-state index is 12.9. The third-order valence-electron chi connectivity index (χ3n) is 5.91. The lowest BCUT2D eigenvalue weighted by atomic mass is 10.1. The van der Waals surface area contributed by atoms with E-state index in [1.807, 2.05) is 42.7 Å². The Kier molecular flexibility index (Phi) is 8.05. The van der Waals surface area contributed by atoms with Crippen molar-refractivity contribution < 1.29 is 14.3 Å². The van der Waals surface area contributed by atoms with E-state index >= 15 is 0 Å². The molecule has 1 amide bonds. The van der Waals surface area contributed by atoms with Crippen molar-refractivity contribution in [1.82, 2.24) is 14.8 Å². The fourth-order valence-electron chi connectivity index (χ4n) is 4.25. The SMILES string of the molecule is CCOC(=O)c1c(NC(=O)CSc2nnc(-c3ccccc3C)n2CC)sc2c1CCCCC2. The van der Waals surface area contributed by atoms with Crippen molar-refractivity contribution in [2.45, 2.75) is 64.6 Å². The summed E-state index contributed by atoms with van der Waals surface area (Å²) in [4.78, 5) is 26.8. The zero-order valence-corrected chi connectivity index (χ0v) is 21.5. The fraction of sp³-hybridized carbons (Fsp3) is 0.440. The summed E-state index contributed by atoms with van der Waals surface area (Å²) >= 11 is 2.86. The number of carbonyl (C=O) groups excluding carboxylic acids is 2. The van der Waals surface area contributed by atoms with E-state index < -0.39 is 0 Å². The van der Waals surface area contributed by atoms with E-state index in [1.54, 1.807) is 6.92 Å². The van der Waals surface area contributed by atoms with Crippen molar-refractivity contribution in [3.05, 3.63) is 45.8 Å². The van der Waals surface area contributed by atoms with Crippen LogP contribution in [0, 0.1) is 6.92 Å². The van der Waals surface area contributed by atoms with Crippen LogP contribution in [-0.4, -0.2) is 39.0 Å². The molecule has 0 saturated carbocycles. The molecule has 2 aromatic heterocycles. The Morgan fingerprint density at radius 3 is 2.71 bits per heavy atom. The summed E-state index contributed by atoms with van der Waals surface area (Å²) in [7, 11) is 0. The molecule has 1 aromatic carbocycles. The van der Waals surface area contributed by atoms with Gasteiger partial charge >= 0.3 is 5.97 Å². The van der Waals surface area contributed by atoms with E-state index in [0.717, 1.165) is 54.6 Å². The van der Waals surface area contributed by atoms with Gasteiger partial charge in [0.2, 0.25) is 5.91 Å². The number of nitrogens with one attached hydrogen (secondary N) is 1. The molecule has 0 fully saturated rings. The van der Waals surface area contributed by atoms with Gasteiger partial charge < -0.3 is 14.6 Å². The summed E-state index contributed by atoms with van der Waals surface area (Å²) < 4.78 is 7.34. The van der Waals surface area contributed by atoms with Gasteiger partial charge in [-0.15, -0.1) is 21.5 Å². The first-order valence-corrected chi connectivity index (χ1v) is 13.6. The second-order valence-corrected chi connectivity index (χ2v) is 10.2. The molecule has 0 radical (unpaired) electrons. The van der Waals surface area contributed by atoms with Crippen molar-refractivity contribution in [3.63, 3.8) is 0 Å². The van der Waals surface area contributed by atoms with Crippen LogP contribution < -0.4 is 5.32 Å². The molecule has 9 heteroatoms. The Morgan fingerprint density at radius 1 is 1.15 bits per heavy atom. The van der Waals surface area contributed by atoms with E-state index in [-0.39, 0.29) is 17.6 Å². The van der Waals surface area contributed by atoms with E-state index in [1.165, 1.54) is 28.0 Å². The molecule has 0 unspecified atom stereocenters. The van der Waals surface area contributed by atoms with Gasteiger partial charge in [0.15, 0.2) is 11.0 Å². The van der Waals surface area contributed by atoms with E-state index in [0.29, 0.717) is 28.9 Å². The highest BCUT2D eigenvalue weighted by Crippen LogP contribution is 2.38. The molecule has 0 atom stereocenters. The Morgan fingerprint density at radius 2 is 1.94 bits per heavy atom. The molecule has 4 rings (SSSR count). The molecule has 180 valence electrons. The highest BCUT2D eigenvalue weighted by molar-refractivity contribution is 7.99. The lowest BCUT2D eigenvalue weighted by molar-refractivity contribution is -0.113. The number of ether oxygens (including phenoxy) is 1. The Labute approximate surface area is 208 Å². The van der Waals surface area contributed by atoms with Gasteiger partial charge in [0, 0.05) is 17.0 Å². The van der Waals surface area contributed by atoms with Crippen LogP contribution in [-0.2, 0) is 28.9 Å². The van der Waals surface area contributed by atoms with Gasteiger partial charge in [-0.05, 0) is 57.6 Å². The average Bonchev–Trinajstić information content (AvgIpc) is 3.30. The quantitative estimate of drug-likeness (QED) is 0.250. The van der Waals surface area contributed by atoms with Crippen LogP contribution in [0.2, 0.25) is 0 Å². The Hall–Kier alpha value is -2.65. The highest BCUT2D eigenvalue weighted by atomic mass is 32.2. The molecule has 2 heterocycles. The zero-order valence-electron chi connectivity index (χ0n) is 19.8. The van der Waals surface area contributed by atoms with Gasteiger partial charge in [0.05, 0.1) is 17.9 Å². The van der Waals surface area contributed by atoms with Crippen molar-refractivity contribution in [2.75, 3.05) is 17.7 Å². The maximum absolute atomic E-state index is 12.9. The number of benzene rings is 1. The van der Waals surface area contributed by atoms with Crippen molar-refractivity contribution in [2.24, 2.45) is 0 Å². The van der Waals surface area contributed by atoms with Crippen molar-refractivity contribution >= 4 is 40.0 Å². The summed E-state index contributed by atoms with van der Waals surface area (Å²) in [5.74, 6) is 0.458. The lowest BCUT2D eigenvalue weighted by Crippen LogP contribution is -2.17. The van der Waals surface area contributed by atoms with Crippen LogP contribution in [0.3, 0.4) is 0 Å². The summed E-state index contributed by atoms with van der Waals surface area (Å²) in [6, 6.07) is 8.07. The molecule has 0 saturated heterocycles. The summed E-state index contributed by atoms with van der Waals surface area (Å²) in [6.45, 7) is 6.90. The monoisotopic (exact) mass is 498 g/mol. The van der Waals surface area contributed by atoms with Gasteiger partial charge in [0.25, 0.3) is 0 Å². The smallest absolute Gasteiger partial charge is 0.341 e. The number of fused-ring (bicyclic) bond motifs is 1. The second-order valence-electron chi connectivity index (χ2n) is 8.19. The first-order valence-electron chi connectivity index (χ1n) is 11.8. The van der Waals surface area contributed by atoms with Gasteiger partial charge in [-0.1, -0.05) is 42.4 Å². The number of hydrogen-bond acceptors (Lipinski definition) is 7. The van der Waals surface area contributed by atoms with Gasteiger partial charge in [0.1, 0.15) is 5.00 Å². The summed E-state index contributed by atoms with van der Waals surface area (Å²) in [5, 5.41) is 13.0. The van der Waals surface area contributed by atoms with Crippen LogP contribution in [0.4, 0.5) is 5.00 Å². The van der Waals surface area contributed by atoms with E-state index in [9.17, 15) is 9.59 Å². The number of hydrogen-bond donors (Lipinski definition) is 1. The van der Waals surface area contributed by atoms with E-state index in [2.05, 4.69) is 15.5 Å². The number of thiophene rings is 1. The van der Waals surface area contributed by atoms with Crippen LogP contribution >= 0.6 is 23.1 Å². The first kappa shape index (κ1) is 24.5. The molecule has 1 aliphatic rings. The van der Waals surface area contributed by atoms with Crippen LogP contribution in [0.25, 0.3) is 11.4 Å². The molecule has 34 heavy (non-hydrogen) atoms. The first-order chi connectivity index (χ1) is 16.5. The molecule has 1 N–H and O–H groups in total. The maximum Gasteiger partial charge on any atom is 0.341 e. The van der Waals surface area contributed by atoms with Crippen molar-refractivity contribution in [1.29, 1.82) is 0 Å². The van der Waals surface area contributed by atoms with Crippen LogP contribution in [0.1, 0.15) is 59.5 Å². The topological polar surface area (TPSA) is 86.1 Å². The third-order valence-corrected chi connectivity index (χ3v) is 8.08. The molecule has 0 spiro atoms. The summed E-state index contributed by atoms with van der Waals surface area (Å²) in [6.07, 6.45) is 5.11. The number of anilines is 1. The Balaban J connectivity index is 1.50. The number of rotatable bonds is 8. The predicted molar refractivity (Wildman–Crippen MR) is 137 cm³/mol. The van der Waals surface area contributed by atoms with Gasteiger partial charge in [-0.25, -0.2) is 4.79 Å². The molecular formula is C25H30N4O3S2. The van der Waals surface area contributed by atoms with Gasteiger partial charge in [-0.2, -0.15) is 0 Å². The van der Waals surface area contributed by atoms with Crippen LogP contribution in [0.5, 0.6) is 0 Å². The number of nitrogens with zero attached hydrogens (tertiary/aromatic N) is 3. The largest absolute Gasteiger partial charge is 0.462 e. The molecular weight excluding hydrogens is 468 g/mol. The molecule has 3 aromatic rings. The van der Waals surface area contributed by atoms with Crippen LogP contribution in [0.15, 0.2) is 29.4 Å². The third kappa shape index (κ3) is 5.20. The average molecular weight is 499 g/mol. The Bertz CT molecular complexity index is 1190. The standard InChI is InChI=1S/C25H30N4O3S2/c1-4-29-22(17-12-10-9-11-16(17)3)27-28-25(29)33-15-20(30)26-23-21(24(31)32-5-2)18-13-7-6-8-14-19(18)34-23/h9-12H,4-8,13-15H2,1-3H3,(H,26,30). The zero-order chi connectivity index (χ0) is 24.1. The molecule has 1 aliphatic carbocycles. The number of thioether (sulfide) groups is 1. The number of esters is 1. The summed E-state index contributed by atoms with van der Waals surface area (Å²) in [5.41, 5.74) is 3.76. The number of aryl methyl sites for hydroxylation is 2. The minimum Gasteiger partial charge on any atom is -0.462 e. The number of aromatic nitrogens is 3. The van der Waals surface area contributed by atoms with E-state index in [4.69, 9.17) is 4.74 Å². The minimum atomic E-state index is -0.349. The number of amides is 1.